The summed E-state index contributed by atoms with van der Waals surface area (Å²) < 4.78 is 0. The average molecular weight is 337 g/mol. The van der Waals surface area contributed by atoms with Gasteiger partial charge in [0.2, 0.25) is 0 Å². The van der Waals surface area contributed by atoms with Crippen LogP contribution >= 0.6 is 35.6 Å². The normalized spacial score (nSPS) is 10.2. The maximum Gasteiger partial charge on any atom is 0.170 e. The largest absolute Gasteiger partial charge is 0.362 e. The lowest BCUT2D eigenvalue weighted by atomic mass is 10.2. The lowest BCUT2D eigenvalue weighted by Crippen LogP contribution is -2.30. The maximum absolute atomic E-state index is 5.93. The zero-order chi connectivity index (χ0) is 15.1. The van der Waals surface area contributed by atoms with Crippen LogP contribution in [0.3, 0.4) is 0 Å². The summed E-state index contributed by atoms with van der Waals surface area (Å²) >= 11 is 13.0. The average Bonchev–Trinajstić information content (AvgIpc) is 2.45. The number of halogens is 1. The highest BCUT2D eigenvalue weighted by molar-refractivity contribution is 7.99. The summed E-state index contributed by atoms with van der Waals surface area (Å²) in [4.78, 5) is 1.27. The topological polar surface area (TPSA) is 24.1 Å². The van der Waals surface area contributed by atoms with Crippen molar-refractivity contribution in [2.45, 2.75) is 11.8 Å². The van der Waals surface area contributed by atoms with Crippen LogP contribution in [0.25, 0.3) is 0 Å². The Kier molecular flexibility index (Phi) is 6.36. The van der Waals surface area contributed by atoms with Crippen LogP contribution in [0.2, 0.25) is 5.02 Å². The van der Waals surface area contributed by atoms with Crippen LogP contribution in [0.4, 0.5) is 5.69 Å². The highest BCUT2D eigenvalue weighted by atomic mass is 35.5. The smallest absolute Gasteiger partial charge is 0.170 e. The molecule has 0 amide bonds. The van der Waals surface area contributed by atoms with Gasteiger partial charge in [-0.05, 0) is 49.5 Å². The summed E-state index contributed by atoms with van der Waals surface area (Å²) in [6.45, 7) is 2.90. The maximum atomic E-state index is 5.93. The van der Waals surface area contributed by atoms with Crippen molar-refractivity contribution >= 4 is 46.4 Å². The molecule has 2 N–H and O–H groups in total. The molecule has 5 heteroatoms. The molecule has 2 nitrogen and oxygen atoms in total. The summed E-state index contributed by atoms with van der Waals surface area (Å²) in [5, 5.41) is 7.61. The van der Waals surface area contributed by atoms with Crippen molar-refractivity contribution in [3.05, 3.63) is 59.1 Å². The van der Waals surface area contributed by atoms with E-state index in [2.05, 4.69) is 41.8 Å². The van der Waals surface area contributed by atoms with Crippen molar-refractivity contribution in [3.8, 4) is 0 Å². The number of hydrogen-bond donors (Lipinski definition) is 2. The molecule has 2 aromatic rings. The molecule has 0 atom stereocenters. The van der Waals surface area contributed by atoms with E-state index < -0.39 is 0 Å². The van der Waals surface area contributed by atoms with Gasteiger partial charge in [-0.25, -0.2) is 0 Å². The van der Waals surface area contributed by atoms with E-state index in [1.807, 2.05) is 36.0 Å². The number of anilines is 1. The lowest BCUT2D eigenvalue weighted by molar-refractivity contribution is 0.990. The van der Waals surface area contributed by atoms with Gasteiger partial charge in [0.25, 0.3) is 0 Å². The predicted molar refractivity (Wildman–Crippen MR) is 97.6 cm³/mol. The molecule has 0 fully saturated rings. The first-order valence-electron chi connectivity index (χ1n) is 6.63. The van der Waals surface area contributed by atoms with E-state index in [-0.39, 0.29) is 0 Å². The Morgan fingerprint density at radius 3 is 2.67 bits per heavy atom. The molecule has 0 heterocycles. The first-order chi connectivity index (χ1) is 10.1. The second-order valence-corrected chi connectivity index (χ2v) is 6.57. The first kappa shape index (κ1) is 16.1. The summed E-state index contributed by atoms with van der Waals surface area (Å²) in [6, 6.07) is 16.0. The zero-order valence-corrected chi connectivity index (χ0v) is 14.1. The van der Waals surface area contributed by atoms with E-state index >= 15 is 0 Å². The lowest BCUT2D eigenvalue weighted by Gasteiger charge is -2.10. The molecule has 0 unspecified atom stereocenters. The Morgan fingerprint density at radius 1 is 1.19 bits per heavy atom. The van der Waals surface area contributed by atoms with Gasteiger partial charge in [-0.1, -0.05) is 35.4 Å². The Labute approximate surface area is 140 Å². The molecule has 21 heavy (non-hydrogen) atoms. The monoisotopic (exact) mass is 336 g/mol. The Balaban J connectivity index is 1.68. The molecule has 0 saturated carbocycles. The van der Waals surface area contributed by atoms with Gasteiger partial charge in [-0.2, -0.15) is 0 Å². The van der Waals surface area contributed by atoms with Crippen LogP contribution in [0.5, 0.6) is 0 Å². The fourth-order valence-electron chi connectivity index (χ4n) is 1.71. The fraction of sp³-hybridized carbons (Fsp3) is 0.188. The number of thiocarbonyl (C=S) groups is 1. The molecule has 0 saturated heterocycles. The highest BCUT2D eigenvalue weighted by Gasteiger charge is 1.99. The number of rotatable bonds is 5. The van der Waals surface area contributed by atoms with Gasteiger partial charge in [0.05, 0.1) is 0 Å². The number of thioether (sulfide) groups is 1. The molecule has 0 aliphatic carbocycles. The van der Waals surface area contributed by atoms with Gasteiger partial charge in [0.1, 0.15) is 0 Å². The Morgan fingerprint density at radius 2 is 1.95 bits per heavy atom. The van der Waals surface area contributed by atoms with Crippen LogP contribution in [-0.2, 0) is 0 Å². The van der Waals surface area contributed by atoms with E-state index in [1.54, 1.807) is 0 Å². The van der Waals surface area contributed by atoms with Crippen molar-refractivity contribution in [2.24, 2.45) is 0 Å². The van der Waals surface area contributed by atoms with Crippen LogP contribution in [0, 0.1) is 6.92 Å². The standard InChI is InChI=1S/C16H17ClN2S2/c1-12-5-7-15(8-6-12)21-10-9-18-16(20)19-14-4-2-3-13(17)11-14/h2-8,11H,9-10H2,1H3,(H2,18,19,20). The Bertz CT molecular complexity index is 599. The van der Waals surface area contributed by atoms with Crippen molar-refractivity contribution < 1.29 is 0 Å². The van der Waals surface area contributed by atoms with Gasteiger partial charge < -0.3 is 10.6 Å². The van der Waals surface area contributed by atoms with Gasteiger partial charge in [-0.15, -0.1) is 11.8 Å². The number of hydrogen-bond acceptors (Lipinski definition) is 2. The fourth-order valence-corrected chi connectivity index (χ4v) is 2.89. The van der Waals surface area contributed by atoms with Crippen molar-refractivity contribution in [1.82, 2.24) is 5.32 Å². The Hall–Kier alpha value is -1.23. The molecule has 0 aliphatic rings. The third kappa shape index (κ3) is 5.96. The molecule has 110 valence electrons. The third-order valence-corrected chi connectivity index (χ3v) is 4.26. The second kappa shape index (κ2) is 8.27. The quantitative estimate of drug-likeness (QED) is 0.468. The SMILES string of the molecule is Cc1ccc(SCCNC(=S)Nc2cccc(Cl)c2)cc1. The minimum absolute atomic E-state index is 0.613. The molecule has 0 bridgehead atoms. The molecule has 0 aliphatic heterocycles. The van der Waals surface area contributed by atoms with Crippen molar-refractivity contribution in [1.29, 1.82) is 0 Å². The van der Waals surface area contributed by atoms with Gasteiger partial charge in [0, 0.05) is 27.9 Å². The first-order valence-corrected chi connectivity index (χ1v) is 8.40. The molecule has 2 aromatic carbocycles. The van der Waals surface area contributed by atoms with Crippen LogP contribution in [-0.4, -0.2) is 17.4 Å². The van der Waals surface area contributed by atoms with E-state index in [0.29, 0.717) is 10.1 Å². The van der Waals surface area contributed by atoms with Gasteiger partial charge in [0.15, 0.2) is 5.11 Å². The summed E-state index contributed by atoms with van der Waals surface area (Å²) in [5.74, 6) is 0.959. The molecular weight excluding hydrogens is 320 g/mol. The zero-order valence-electron chi connectivity index (χ0n) is 11.7. The molecule has 0 radical (unpaired) electrons. The van der Waals surface area contributed by atoms with Crippen LogP contribution < -0.4 is 10.6 Å². The molecular formula is C16H17ClN2S2. The van der Waals surface area contributed by atoms with E-state index in [9.17, 15) is 0 Å². The molecule has 0 aromatic heterocycles. The number of nitrogens with one attached hydrogen (secondary N) is 2. The molecule has 0 spiro atoms. The molecule has 2 rings (SSSR count). The van der Waals surface area contributed by atoms with E-state index in [1.165, 1.54) is 10.5 Å². The van der Waals surface area contributed by atoms with E-state index in [4.69, 9.17) is 23.8 Å². The van der Waals surface area contributed by atoms with Crippen LogP contribution in [0.15, 0.2) is 53.4 Å². The number of benzene rings is 2. The minimum atomic E-state index is 0.613. The summed E-state index contributed by atoms with van der Waals surface area (Å²) in [7, 11) is 0. The van der Waals surface area contributed by atoms with Gasteiger partial charge >= 0.3 is 0 Å². The second-order valence-electron chi connectivity index (χ2n) is 4.55. The van der Waals surface area contributed by atoms with Crippen molar-refractivity contribution in [3.63, 3.8) is 0 Å². The minimum Gasteiger partial charge on any atom is -0.362 e. The van der Waals surface area contributed by atoms with Gasteiger partial charge in [-0.3, -0.25) is 0 Å². The number of aryl methyl sites for hydroxylation is 1. The van der Waals surface area contributed by atoms with Crippen molar-refractivity contribution in [2.75, 3.05) is 17.6 Å². The highest BCUT2D eigenvalue weighted by Crippen LogP contribution is 2.17. The summed E-state index contributed by atoms with van der Waals surface area (Å²) in [5.41, 5.74) is 2.18. The predicted octanol–water partition coefficient (Wildman–Crippen LogP) is 4.73. The van der Waals surface area contributed by atoms with Crippen LogP contribution in [0.1, 0.15) is 5.56 Å². The van der Waals surface area contributed by atoms with E-state index in [0.717, 1.165) is 18.0 Å². The summed E-state index contributed by atoms with van der Waals surface area (Å²) in [6.07, 6.45) is 0. The third-order valence-electron chi connectivity index (χ3n) is 2.76.